The van der Waals surface area contributed by atoms with Crippen molar-refractivity contribution >= 4 is 23.4 Å². The van der Waals surface area contributed by atoms with Crippen LogP contribution in [0.15, 0.2) is 77.7 Å². The fourth-order valence-electron chi connectivity index (χ4n) is 2.52. The molecule has 0 aromatic heterocycles. The van der Waals surface area contributed by atoms with E-state index in [-0.39, 0.29) is 11.7 Å². The Balaban J connectivity index is 1.62. The maximum absolute atomic E-state index is 12.4. The number of thioether (sulfide) groups is 1. The smallest absolute Gasteiger partial charge is 0.234 e. The zero-order chi connectivity index (χ0) is 19.8. The van der Waals surface area contributed by atoms with E-state index in [0.717, 1.165) is 4.90 Å². The molecule has 0 heterocycles. The number of carbonyl (C=O) groups excluding carboxylic acids is 1. The highest BCUT2D eigenvalue weighted by molar-refractivity contribution is 8.00. The number of benzene rings is 3. The molecule has 0 saturated heterocycles. The molecule has 0 atom stereocenters. The monoisotopic (exact) mass is 395 g/mol. The number of hydrogen-bond donors (Lipinski definition) is 1. The van der Waals surface area contributed by atoms with Gasteiger partial charge in [-0.1, -0.05) is 30.3 Å². The van der Waals surface area contributed by atoms with Gasteiger partial charge in [0.25, 0.3) is 0 Å². The Hall–Kier alpha value is -3.12. The molecule has 3 rings (SSSR count). The number of rotatable bonds is 8. The molecule has 1 N–H and O–H groups in total. The van der Waals surface area contributed by atoms with Crippen molar-refractivity contribution in [2.75, 3.05) is 25.3 Å². The van der Waals surface area contributed by atoms with Crippen LogP contribution in [0.4, 0.5) is 5.69 Å². The van der Waals surface area contributed by atoms with E-state index < -0.39 is 0 Å². The molecule has 1 amide bonds. The van der Waals surface area contributed by atoms with Gasteiger partial charge in [0.1, 0.15) is 5.75 Å². The quantitative estimate of drug-likeness (QED) is 0.530. The number of ether oxygens (including phenoxy) is 3. The van der Waals surface area contributed by atoms with Gasteiger partial charge in [0.2, 0.25) is 5.91 Å². The van der Waals surface area contributed by atoms with E-state index in [0.29, 0.717) is 28.7 Å². The van der Waals surface area contributed by atoms with Gasteiger partial charge >= 0.3 is 0 Å². The first kappa shape index (κ1) is 19.6. The summed E-state index contributed by atoms with van der Waals surface area (Å²) < 4.78 is 16.4. The highest BCUT2D eigenvalue weighted by Crippen LogP contribution is 2.32. The molecule has 0 aliphatic rings. The maximum atomic E-state index is 12.4. The highest BCUT2D eigenvalue weighted by atomic mass is 32.2. The van der Waals surface area contributed by atoms with Crippen LogP contribution >= 0.6 is 11.8 Å². The largest absolute Gasteiger partial charge is 0.493 e. The molecular weight excluding hydrogens is 374 g/mol. The molecule has 0 bridgehead atoms. The first-order valence-electron chi connectivity index (χ1n) is 8.66. The summed E-state index contributed by atoms with van der Waals surface area (Å²) in [6, 6.07) is 22.4. The van der Waals surface area contributed by atoms with Crippen LogP contribution in [0.5, 0.6) is 23.0 Å². The first-order valence-corrected chi connectivity index (χ1v) is 9.65. The van der Waals surface area contributed by atoms with Gasteiger partial charge in [-0.15, -0.1) is 11.8 Å². The third kappa shape index (κ3) is 5.20. The number of nitrogens with one attached hydrogen (secondary N) is 1. The van der Waals surface area contributed by atoms with Crippen molar-refractivity contribution in [3.8, 4) is 23.0 Å². The molecule has 0 aliphatic heterocycles. The SMILES string of the molecule is COc1ccc(SCC(=O)Nc2ccccc2Oc2ccccc2)cc1OC. The lowest BCUT2D eigenvalue weighted by Gasteiger charge is -2.12. The van der Waals surface area contributed by atoms with Gasteiger partial charge in [0, 0.05) is 4.90 Å². The summed E-state index contributed by atoms with van der Waals surface area (Å²) in [5.41, 5.74) is 0.629. The van der Waals surface area contributed by atoms with Crippen LogP contribution in [0, 0.1) is 0 Å². The number of carbonyl (C=O) groups is 1. The summed E-state index contributed by atoms with van der Waals surface area (Å²) in [5, 5.41) is 2.91. The van der Waals surface area contributed by atoms with Crippen LogP contribution in [0.1, 0.15) is 0 Å². The molecular formula is C22H21NO4S. The Morgan fingerprint density at radius 1 is 0.857 bits per heavy atom. The fourth-order valence-corrected chi connectivity index (χ4v) is 3.24. The van der Waals surface area contributed by atoms with Crippen LogP contribution in [-0.2, 0) is 4.79 Å². The second-order valence-corrected chi connectivity index (χ2v) is 6.81. The van der Waals surface area contributed by atoms with Crippen molar-refractivity contribution in [2.45, 2.75) is 4.90 Å². The lowest BCUT2D eigenvalue weighted by atomic mass is 10.3. The van der Waals surface area contributed by atoms with Gasteiger partial charge in [0.15, 0.2) is 17.2 Å². The minimum Gasteiger partial charge on any atom is -0.493 e. The number of anilines is 1. The summed E-state index contributed by atoms with van der Waals surface area (Å²) in [5.74, 6) is 2.73. The summed E-state index contributed by atoms with van der Waals surface area (Å²) in [6.45, 7) is 0. The molecule has 3 aromatic carbocycles. The standard InChI is InChI=1S/C22H21NO4S/c1-25-20-13-12-17(14-21(20)26-2)28-15-22(24)23-18-10-6-7-11-19(18)27-16-8-4-3-5-9-16/h3-14H,15H2,1-2H3,(H,23,24). The zero-order valence-corrected chi connectivity index (χ0v) is 16.5. The minimum absolute atomic E-state index is 0.121. The van der Waals surface area contributed by atoms with E-state index in [1.54, 1.807) is 14.2 Å². The topological polar surface area (TPSA) is 56.8 Å². The molecule has 28 heavy (non-hydrogen) atoms. The molecule has 0 spiro atoms. The molecule has 3 aromatic rings. The van der Waals surface area contributed by atoms with Gasteiger partial charge in [0.05, 0.1) is 25.7 Å². The predicted octanol–water partition coefficient (Wildman–Crippen LogP) is 5.23. The lowest BCUT2D eigenvalue weighted by Crippen LogP contribution is -2.14. The molecule has 6 heteroatoms. The molecule has 0 unspecified atom stereocenters. The van der Waals surface area contributed by atoms with Crippen LogP contribution in [0.3, 0.4) is 0 Å². The molecule has 5 nitrogen and oxygen atoms in total. The van der Waals surface area contributed by atoms with Gasteiger partial charge < -0.3 is 19.5 Å². The molecule has 0 radical (unpaired) electrons. The number of amides is 1. The summed E-state index contributed by atoms with van der Waals surface area (Å²) in [4.78, 5) is 13.3. The van der Waals surface area contributed by atoms with Crippen molar-refractivity contribution in [3.05, 3.63) is 72.8 Å². The Labute approximate surface area is 168 Å². The summed E-state index contributed by atoms with van der Waals surface area (Å²) >= 11 is 1.42. The molecule has 144 valence electrons. The van der Waals surface area contributed by atoms with Crippen molar-refractivity contribution in [1.82, 2.24) is 0 Å². The van der Waals surface area contributed by atoms with Gasteiger partial charge in [-0.2, -0.15) is 0 Å². The number of para-hydroxylation sites is 3. The third-order valence-corrected chi connectivity index (χ3v) is 4.85. The second-order valence-electron chi connectivity index (χ2n) is 5.76. The first-order chi connectivity index (χ1) is 13.7. The van der Waals surface area contributed by atoms with Crippen molar-refractivity contribution in [3.63, 3.8) is 0 Å². The van der Waals surface area contributed by atoms with Crippen LogP contribution in [0.25, 0.3) is 0 Å². The average Bonchev–Trinajstić information content (AvgIpc) is 2.74. The molecule has 0 fully saturated rings. The number of methoxy groups -OCH3 is 2. The minimum atomic E-state index is -0.121. The average molecular weight is 395 g/mol. The van der Waals surface area contributed by atoms with Crippen molar-refractivity contribution in [2.24, 2.45) is 0 Å². The fraction of sp³-hybridized carbons (Fsp3) is 0.136. The zero-order valence-electron chi connectivity index (χ0n) is 15.7. The van der Waals surface area contributed by atoms with E-state index in [2.05, 4.69) is 5.32 Å². The predicted molar refractivity (Wildman–Crippen MR) is 112 cm³/mol. The summed E-state index contributed by atoms with van der Waals surface area (Å²) in [6.07, 6.45) is 0. The number of hydrogen-bond acceptors (Lipinski definition) is 5. The Bertz CT molecular complexity index is 931. The van der Waals surface area contributed by atoms with Gasteiger partial charge in [-0.3, -0.25) is 4.79 Å². The van der Waals surface area contributed by atoms with Crippen molar-refractivity contribution < 1.29 is 19.0 Å². The van der Waals surface area contributed by atoms with E-state index in [1.807, 2.05) is 72.8 Å². The molecule has 0 aliphatic carbocycles. The van der Waals surface area contributed by atoms with E-state index >= 15 is 0 Å². The lowest BCUT2D eigenvalue weighted by molar-refractivity contribution is -0.113. The van der Waals surface area contributed by atoms with E-state index in [4.69, 9.17) is 14.2 Å². The Morgan fingerprint density at radius 2 is 1.57 bits per heavy atom. The van der Waals surface area contributed by atoms with Crippen molar-refractivity contribution in [1.29, 1.82) is 0 Å². The third-order valence-electron chi connectivity index (χ3n) is 3.86. The Kier molecular flexibility index (Phi) is 6.81. The van der Waals surface area contributed by atoms with Gasteiger partial charge in [-0.05, 0) is 42.5 Å². The normalized spacial score (nSPS) is 10.2. The Morgan fingerprint density at radius 3 is 2.32 bits per heavy atom. The molecule has 0 saturated carbocycles. The maximum Gasteiger partial charge on any atom is 0.234 e. The van der Waals surface area contributed by atoms with Crippen LogP contribution < -0.4 is 19.5 Å². The second kappa shape index (κ2) is 9.71. The summed E-state index contributed by atoms with van der Waals surface area (Å²) in [7, 11) is 3.18. The highest BCUT2D eigenvalue weighted by Gasteiger charge is 2.10. The van der Waals surface area contributed by atoms with E-state index in [9.17, 15) is 4.79 Å². The van der Waals surface area contributed by atoms with Gasteiger partial charge in [-0.25, -0.2) is 0 Å². The van der Waals surface area contributed by atoms with E-state index in [1.165, 1.54) is 11.8 Å². The van der Waals surface area contributed by atoms with Crippen LogP contribution in [-0.4, -0.2) is 25.9 Å². The van der Waals surface area contributed by atoms with Crippen LogP contribution in [0.2, 0.25) is 0 Å².